The van der Waals surface area contributed by atoms with Crippen LogP contribution in [0.3, 0.4) is 0 Å². The Morgan fingerprint density at radius 3 is 2.32 bits per heavy atom. The molecule has 0 aromatic heterocycles. The first kappa shape index (κ1) is 14.5. The van der Waals surface area contributed by atoms with Crippen molar-refractivity contribution < 1.29 is 32.6 Å². The molecular formula is C10H7F3N2O4. The maximum absolute atomic E-state index is 11.9. The van der Waals surface area contributed by atoms with Crippen molar-refractivity contribution in [2.24, 2.45) is 5.10 Å². The number of carboxylic acid groups (broad SMARTS) is 1. The zero-order chi connectivity index (χ0) is 14.5. The normalized spacial score (nSPS) is 11.8. The van der Waals surface area contributed by atoms with Crippen molar-refractivity contribution >= 4 is 23.7 Å². The van der Waals surface area contributed by atoms with Crippen LogP contribution in [0.2, 0.25) is 0 Å². The van der Waals surface area contributed by atoms with Crippen molar-refractivity contribution in [3.05, 3.63) is 24.3 Å². The number of carbonyl (C=O) groups excluding carboxylic acids is 1. The van der Waals surface area contributed by atoms with E-state index in [2.05, 4.69) is 15.3 Å². The van der Waals surface area contributed by atoms with E-state index >= 15 is 0 Å². The summed E-state index contributed by atoms with van der Waals surface area (Å²) in [7, 11) is 0. The van der Waals surface area contributed by atoms with Gasteiger partial charge in [-0.1, -0.05) is 0 Å². The lowest BCUT2D eigenvalue weighted by Gasteiger charge is -2.09. The molecule has 102 valence electrons. The number of carboxylic acids is 1. The molecular weight excluding hydrogens is 269 g/mol. The molecule has 1 rings (SSSR count). The van der Waals surface area contributed by atoms with E-state index in [1.807, 2.05) is 0 Å². The first-order valence-electron chi connectivity index (χ1n) is 4.70. The Morgan fingerprint density at radius 2 is 1.89 bits per heavy atom. The summed E-state index contributed by atoms with van der Waals surface area (Å²) in [5, 5.41) is 11.7. The largest absolute Gasteiger partial charge is 0.573 e. The second-order valence-electron chi connectivity index (χ2n) is 3.10. The molecule has 0 saturated carbocycles. The van der Waals surface area contributed by atoms with E-state index in [0.29, 0.717) is 0 Å². The number of aliphatic carboxylic acids is 1. The van der Waals surface area contributed by atoms with E-state index in [9.17, 15) is 22.8 Å². The van der Waals surface area contributed by atoms with Gasteiger partial charge in [-0.15, -0.1) is 13.2 Å². The number of halogens is 3. The van der Waals surface area contributed by atoms with Crippen LogP contribution in [0.4, 0.5) is 18.9 Å². The van der Waals surface area contributed by atoms with Crippen LogP contribution in [-0.2, 0) is 9.59 Å². The molecule has 0 spiro atoms. The fraction of sp³-hybridized carbons (Fsp3) is 0.100. The summed E-state index contributed by atoms with van der Waals surface area (Å²) >= 11 is 0. The molecule has 0 amide bonds. The lowest BCUT2D eigenvalue weighted by atomic mass is 10.3. The second kappa shape index (κ2) is 5.85. The van der Waals surface area contributed by atoms with Gasteiger partial charge in [0.25, 0.3) is 0 Å². The van der Waals surface area contributed by atoms with Gasteiger partial charge in [0.1, 0.15) is 5.75 Å². The van der Waals surface area contributed by atoms with Gasteiger partial charge in [-0.2, -0.15) is 5.10 Å². The van der Waals surface area contributed by atoms with Crippen LogP contribution in [-0.4, -0.2) is 29.4 Å². The lowest BCUT2D eigenvalue weighted by molar-refractivity contribution is -0.274. The Morgan fingerprint density at radius 1 is 1.32 bits per heavy atom. The SMILES string of the molecule is O=C/C(=N\Nc1ccc(OC(F)(F)F)cc1)C(=O)O. The zero-order valence-corrected chi connectivity index (χ0v) is 9.14. The van der Waals surface area contributed by atoms with Crippen molar-refractivity contribution in [1.29, 1.82) is 0 Å². The van der Waals surface area contributed by atoms with Crippen LogP contribution in [0, 0.1) is 0 Å². The van der Waals surface area contributed by atoms with Crippen molar-refractivity contribution in [1.82, 2.24) is 0 Å². The molecule has 0 radical (unpaired) electrons. The fourth-order valence-electron chi connectivity index (χ4n) is 0.981. The molecule has 0 saturated heterocycles. The highest BCUT2D eigenvalue weighted by molar-refractivity contribution is 6.57. The van der Waals surface area contributed by atoms with E-state index in [-0.39, 0.29) is 12.0 Å². The molecule has 0 fully saturated rings. The summed E-state index contributed by atoms with van der Waals surface area (Å²) in [5.74, 6) is -1.96. The van der Waals surface area contributed by atoms with Gasteiger partial charge < -0.3 is 9.84 Å². The minimum Gasteiger partial charge on any atom is -0.476 e. The predicted molar refractivity (Wildman–Crippen MR) is 57.9 cm³/mol. The number of hydrogen-bond donors (Lipinski definition) is 2. The highest BCUT2D eigenvalue weighted by atomic mass is 19.4. The summed E-state index contributed by atoms with van der Waals surface area (Å²) in [6.45, 7) is 0. The quantitative estimate of drug-likeness (QED) is 0.369. The third-order valence-electron chi connectivity index (χ3n) is 1.72. The molecule has 0 heterocycles. The van der Waals surface area contributed by atoms with Crippen LogP contribution in [0.5, 0.6) is 5.75 Å². The molecule has 0 atom stereocenters. The van der Waals surface area contributed by atoms with Gasteiger partial charge in [0.15, 0.2) is 6.29 Å². The van der Waals surface area contributed by atoms with E-state index in [1.54, 1.807) is 0 Å². The van der Waals surface area contributed by atoms with Crippen LogP contribution in [0.15, 0.2) is 29.4 Å². The Kier molecular flexibility index (Phi) is 4.46. The van der Waals surface area contributed by atoms with E-state index in [1.165, 1.54) is 12.1 Å². The number of ether oxygens (including phenoxy) is 1. The summed E-state index contributed by atoms with van der Waals surface area (Å²) in [6.07, 6.45) is -4.77. The molecule has 0 aliphatic rings. The summed E-state index contributed by atoms with van der Waals surface area (Å²) in [5.41, 5.74) is 1.63. The number of hydrogen-bond acceptors (Lipinski definition) is 5. The van der Waals surface area contributed by atoms with Crippen LogP contribution in [0.25, 0.3) is 0 Å². The Bertz CT molecular complexity index is 496. The smallest absolute Gasteiger partial charge is 0.476 e. The lowest BCUT2D eigenvalue weighted by Crippen LogP contribution is -2.17. The van der Waals surface area contributed by atoms with E-state index < -0.39 is 23.8 Å². The van der Waals surface area contributed by atoms with E-state index in [4.69, 9.17) is 5.11 Å². The third kappa shape index (κ3) is 5.06. The first-order valence-corrected chi connectivity index (χ1v) is 4.70. The van der Waals surface area contributed by atoms with Gasteiger partial charge in [0.05, 0.1) is 5.69 Å². The summed E-state index contributed by atoms with van der Waals surface area (Å²) < 4.78 is 39.2. The maximum atomic E-state index is 11.9. The molecule has 19 heavy (non-hydrogen) atoms. The standard InChI is InChI=1S/C10H7F3N2O4/c11-10(12,13)19-7-3-1-6(2-4-7)14-15-8(5-16)9(17)18/h1-5,14H,(H,17,18)/b15-8+. The molecule has 0 aliphatic heterocycles. The van der Waals surface area contributed by atoms with E-state index in [0.717, 1.165) is 12.1 Å². The van der Waals surface area contributed by atoms with Gasteiger partial charge in [0.2, 0.25) is 5.71 Å². The van der Waals surface area contributed by atoms with Crippen molar-refractivity contribution in [2.45, 2.75) is 6.36 Å². The minimum atomic E-state index is -4.79. The molecule has 6 nitrogen and oxygen atoms in total. The van der Waals surface area contributed by atoms with Crippen LogP contribution < -0.4 is 10.2 Å². The number of benzene rings is 1. The average molecular weight is 276 g/mol. The van der Waals surface area contributed by atoms with Crippen LogP contribution in [0.1, 0.15) is 0 Å². The topological polar surface area (TPSA) is 88.0 Å². The number of anilines is 1. The number of nitrogens with zero attached hydrogens (tertiary/aromatic N) is 1. The van der Waals surface area contributed by atoms with Crippen molar-refractivity contribution in [2.75, 3.05) is 5.43 Å². The molecule has 2 N–H and O–H groups in total. The van der Waals surface area contributed by atoms with Gasteiger partial charge >= 0.3 is 12.3 Å². The van der Waals surface area contributed by atoms with Gasteiger partial charge in [-0.3, -0.25) is 10.2 Å². The molecule has 0 unspecified atom stereocenters. The minimum absolute atomic E-state index is 0.0243. The van der Waals surface area contributed by atoms with Gasteiger partial charge in [-0.25, -0.2) is 4.79 Å². The van der Waals surface area contributed by atoms with Crippen molar-refractivity contribution in [3.8, 4) is 5.75 Å². The Hall–Kier alpha value is -2.58. The predicted octanol–water partition coefficient (Wildman–Crippen LogP) is 1.64. The molecule has 0 bridgehead atoms. The number of rotatable bonds is 5. The first-order chi connectivity index (χ1) is 8.81. The average Bonchev–Trinajstić information content (AvgIpc) is 2.29. The Labute approximate surface area is 104 Å². The Balaban J connectivity index is 2.72. The van der Waals surface area contributed by atoms with Crippen molar-refractivity contribution in [3.63, 3.8) is 0 Å². The number of aldehydes is 1. The highest BCUT2D eigenvalue weighted by Gasteiger charge is 2.30. The number of nitrogens with one attached hydrogen (secondary N) is 1. The molecule has 1 aromatic carbocycles. The summed E-state index contributed by atoms with van der Waals surface area (Å²) in [6, 6.07) is 4.36. The summed E-state index contributed by atoms with van der Waals surface area (Å²) in [4.78, 5) is 20.7. The van der Waals surface area contributed by atoms with Gasteiger partial charge in [-0.05, 0) is 24.3 Å². The fourth-order valence-corrected chi connectivity index (χ4v) is 0.981. The number of carbonyl (C=O) groups is 2. The third-order valence-corrected chi connectivity index (χ3v) is 1.72. The monoisotopic (exact) mass is 276 g/mol. The number of hydrazone groups is 1. The second-order valence-corrected chi connectivity index (χ2v) is 3.10. The molecule has 0 aliphatic carbocycles. The molecule has 9 heteroatoms. The molecule has 1 aromatic rings. The van der Waals surface area contributed by atoms with Crippen LogP contribution >= 0.6 is 0 Å². The van der Waals surface area contributed by atoms with Gasteiger partial charge in [0, 0.05) is 0 Å². The number of alkyl halides is 3. The highest BCUT2D eigenvalue weighted by Crippen LogP contribution is 2.23. The zero-order valence-electron chi connectivity index (χ0n) is 9.14. The maximum Gasteiger partial charge on any atom is 0.573 e.